The van der Waals surface area contributed by atoms with Gasteiger partial charge in [0.15, 0.2) is 0 Å². The molecule has 0 spiro atoms. The standard InChI is InChI=1S/C28H23ClF5N5O3S2/c29-23-5-6-25(43-23)44(41,42)39-16-27(30,31)13-22(39)26(40)37-15-18-11-21(19-1-3-20(4-2-19)28(32,33)34)38-24(12-18)36-14-17-7-9-35-10-8-17/h1-12,22H,13-16H2,(H,36,38)(H,37,40)/t22-/m0/s1. The van der Waals surface area contributed by atoms with Crippen molar-refractivity contribution in [3.05, 3.63) is 94.1 Å². The van der Waals surface area contributed by atoms with Crippen LogP contribution in [0.3, 0.4) is 0 Å². The number of hydrogen-bond donors (Lipinski definition) is 2. The van der Waals surface area contributed by atoms with Crippen molar-refractivity contribution in [3.8, 4) is 11.3 Å². The van der Waals surface area contributed by atoms with Gasteiger partial charge in [-0.15, -0.1) is 11.3 Å². The maximum Gasteiger partial charge on any atom is 0.416 e. The summed E-state index contributed by atoms with van der Waals surface area (Å²) >= 11 is 6.54. The lowest BCUT2D eigenvalue weighted by Gasteiger charge is -2.22. The summed E-state index contributed by atoms with van der Waals surface area (Å²) < 4.78 is 94.8. The van der Waals surface area contributed by atoms with E-state index in [0.29, 0.717) is 39.1 Å². The van der Waals surface area contributed by atoms with Crippen LogP contribution < -0.4 is 10.6 Å². The van der Waals surface area contributed by atoms with E-state index >= 15 is 0 Å². The van der Waals surface area contributed by atoms with Gasteiger partial charge in [-0.25, -0.2) is 22.2 Å². The second kappa shape index (κ2) is 12.4. The minimum absolute atomic E-state index is 0.144. The topological polar surface area (TPSA) is 104 Å². The number of rotatable bonds is 9. The van der Waals surface area contributed by atoms with E-state index in [9.17, 15) is 35.2 Å². The number of anilines is 1. The highest BCUT2D eigenvalue weighted by Gasteiger charge is 2.53. The normalized spacial score (nSPS) is 17.0. The van der Waals surface area contributed by atoms with Gasteiger partial charge in [0.1, 0.15) is 16.1 Å². The van der Waals surface area contributed by atoms with Crippen LogP contribution in [0.1, 0.15) is 23.1 Å². The first-order valence-corrected chi connectivity index (χ1v) is 15.6. The van der Waals surface area contributed by atoms with Crippen LogP contribution in [0.15, 0.2) is 77.3 Å². The zero-order valence-electron chi connectivity index (χ0n) is 22.5. The Bertz CT molecular complexity index is 1750. The molecule has 0 saturated carbocycles. The maximum absolute atomic E-state index is 14.4. The van der Waals surface area contributed by atoms with Crippen molar-refractivity contribution in [3.63, 3.8) is 0 Å². The fraction of sp³-hybridized carbons (Fsp3) is 0.250. The van der Waals surface area contributed by atoms with Crippen LogP contribution in [0.2, 0.25) is 4.34 Å². The van der Waals surface area contributed by atoms with Gasteiger partial charge in [0.2, 0.25) is 5.91 Å². The molecule has 4 heterocycles. The van der Waals surface area contributed by atoms with Crippen molar-refractivity contribution in [2.24, 2.45) is 0 Å². The summed E-state index contributed by atoms with van der Waals surface area (Å²) in [5, 5.41) is 5.65. The SMILES string of the molecule is O=C(NCc1cc(NCc2ccncc2)nc(-c2ccc(C(F)(F)F)cc2)c1)[C@@H]1CC(F)(F)CN1S(=O)(=O)c1ccc(Cl)s1. The largest absolute Gasteiger partial charge is 0.416 e. The highest BCUT2D eigenvalue weighted by molar-refractivity contribution is 7.91. The van der Waals surface area contributed by atoms with Crippen LogP contribution in [-0.4, -0.2) is 47.1 Å². The van der Waals surface area contributed by atoms with Crippen molar-refractivity contribution in [2.75, 3.05) is 11.9 Å². The number of pyridine rings is 2. The number of alkyl halides is 5. The quantitative estimate of drug-likeness (QED) is 0.205. The summed E-state index contributed by atoms with van der Waals surface area (Å²) in [6, 6.07) is 11.9. The molecule has 3 aromatic heterocycles. The Morgan fingerprint density at radius 2 is 1.73 bits per heavy atom. The van der Waals surface area contributed by atoms with E-state index < -0.39 is 52.6 Å². The number of sulfonamides is 1. The van der Waals surface area contributed by atoms with Crippen LogP contribution in [0.25, 0.3) is 11.3 Å². The Kier molecular flexibility index (Phi) is 8.94. The lowest BCUT2D eigenvalue weighted by atomic mass is 10.1. The van der Waals surface area contributed by atoms with Crippen molar-refractivity contribution >= 4 is 44.7 Å². The van der Waals surface area contributed by atoms with Crippen molar-refractivity contribution in [2.45, 2.75) is 41.9 Å². The Balaban J connectivity index is 1.39. The number of aromatic nitrogens is 2. The second-order valence-corrected chi connectivity index (χ2v) is 13.8. The molecule has 8 nitrogen and oxygen atoms in total. The number of halogens is 6. The van der Waals surface area contributed by atoms with E-state index in [-0.39, 0.29) is 20.8 Å². The molecule has 1 aliphatic heterocycles. The summed E-state index contributed by atoms with van der Waals surface area (Å²) in [4.78, 5) is 21.6. The predicted molar refractivity (Wildman–Crippen MR) is 155 cm³/mol. The van der Waals surface area contributed by atoms with Gasteiger partial charge in [0, 0.05) is 37.5 Å². The van der Waals surface area contributed by atoms with Gasteiger partial charge in [-0.2, -0.15) is 17.5 Å². The summed E-state index contributed by atoms with van der Waals surface area (Å²) in [5.41, 5.74) is 1.12. The molecule has 0 radical (unpaired) electrons. The predicted octanol–water partition coefficient (Wildman–Crippen LogP) is 6.20. The first-order chi connectivity index (χ1) is 20.7. The molecular formula is C28H23ClF5N5O3S2. The molecule has 232 valence electrons. The van der Waals surface area contributed by atoms with E-state index in [2.05, 4.69) is 20.6 Å². The summed E-state index contributed by atoms with van der Waals surface area (Å²) in [5.74, 6) is -4.05. The number of nitrogens with one attached hydrogen (secondary N) is 2. The van der Waals surface area contributed by atoms with Gasteiger partial charge >= 0.3 is 6.18 Å². The molecule has 1 aromatic carbocycles. The Morgan fingerprint density at radius 3 is 2.36 bits per heavy atom. The minimum Gasteiger partial charge on any atom is -0.366 e. The molecule has 44 heavy (non-hydrogen) atoms. The fourth-order valence-corrected chi connectivity index (χ4v) is 7.80. The zero-order chi connectivity index (χ0) is 31.7. The molecular weight excluding hydrogens is 649 g/mol. The molecule has 1 fully saturated rings. The number of carbonyl (C=O) groups excluding carboxylic acids is 1. The summed E-state index contributed by atoms with van der Waals surface area (Å²) in [6.07, 6.45) is -2.33. The summed E-state index contributed by atoms with van der Waals surface area (Å²) in [6.45, 7) is -1.05. The van der Waals surface area contributed by atoms with Crippen LogP contribution >= 0.6 is 22.9 Å². The van der Waals surface area contributed by atoms with Gasteiger partial charge < -0.3 is 10.6 Å². The lowest BCUT2D eigenvalue weighted by molar-refractivity contribution is -0.137. The van der Waals surface area contributed by atoms with Crippen molar-refractivity contribution in [1.82, 2.24) is 19.6 Å². The molecule has 16 heteroatoms. The molecule has 2 N–H and O–H groups in total. The monoisotopic (exact) mass is 671 g/mol. The van der Waals surface area contributed by atoms with Crippen LogP contribution in [0, 0.1) is 0 Å². The van der Waals surface area contributed by atoms with Gasteiger partial charge in [-0.1, -0.05) is 23.7 Å². The van der Waals surface area contributed by atoms with Crippen molar-refractivity contribution in [1.29, 1.82) is 0 Å². The Morgan fingerprint density at radius 1 is 1.02 bits per heavy atom. The maximum atomic E-state index is 14.4. The number of benzene rings is 1. The zero-order valence-corrected chi connectivity index (χ0v) is 24.9. The van der Waals surface area contributed by atoms with Gasteiger partial charge in [-0.3, -0.25) is 9.78 Å². The average Bonchev–Trinajstić information content (AvgIpc) is 3.58. The summed E-state index contributed by atoms with van der Waals surface area (Å²) in [7, 11) is -4.44. The lowest BCUT2D eigenvalue weighted by Crippen LogP contribution is -2.45. The van der Waals surface area contributed by atoms with E-state index in [1.807, 2.05) is 0 Å². The highest BCUT2D eigenvalue weighted by atomic mass is 35.5. The van der Waals surface area contributed by atoms with Crippen LogP contribution in [0.5, 0.6) is 0 Å². The molecule has 1 aliphatic rings. The molecule has 5 rings (SSSR count). The Labute approximate surface area is 258 Å². The van der Waals surface area contributed by atoms with Crippen LogP contribution in [-0.2, 0) is 34.1 Å². The fourth-order valence-electron chi connectivity index (χ4n) is 4.57. The average molecular weight is 672 g/mol. The first-order valence-electron chi connectivity index (χ1n) is 13.0. The number of hydrogen-bond acceptors (Lipinski definition) is 7. The number of amides is 1. The van der Waals surface area contributed by atoms with Gasteiger partial charge in [0.05, 0.1) is 22.1 Å². The first kappa shape index (κ1) is 31.8. The molecule has 0 aliphatic carbocycles. The second-order valence-electron chi connectivity index (χ2n) is 9.93. The number of nitrogens with zero attached hydrogens (tertiary/aromatic N) is 3. The number of carbonyl (C=O) groups is 1. The van der Waals surface area contributed by atoms with Gasteiger partial charge in [-0.05, 0) is 59.7 Å². The molecule has 1 saturated heterocycles. The third kappa shape index (κ3) is 7.34. The molecule has 1 amide bonds. The molecule has 4 aromatic rings. The highest BCUT2D eigenvalue weighted by Crippen LogP contribution is 2.38. The van der Waals surface area contributed by atoms with E-state index in [4.69, 9.17) is 11.6 Å². The third-order valence-corrected chi connectivity index (χ3v) is 10.3. The molecule has 0 bridgehead atoms. The minimum atomic E-state index is -4.52. The van der Waals surface area contributed by atoms with Crippen LogP contribution in [0.4, 0.5) is 27.8 Å². The van der Waals surface area contributed by atoms with Gasteiger partial charge in [0.25, 0.3) is 15.9 Å². The molecule has 1 atom stereocenters. The third-order valence-electron chi connectivity index (χ3n) is 6.72. The van der Waals surface area contributed by atoms with E-state index in [1.54, 1.807) is 30.6 Å². The number of thiophene rings is 1. The van der Waals surface area contributed by atoms with E-state index in [0.717, 1.165) is 17.7 Å². The molecule has 0 unspecified atom stereocenters. The van der Waals surface area contributed by atoms with Crippen molar-refractivity contribution < 1.29 is 35.2 Å². The van der Waals surface area contributed by atoms with E-state index in [1.165, 1.54) is 30.3 Å². The Hall–Kier alpha value is -3.66. The smallest absolute Gasteiger partial charge is 0.366 e.